The molecular formula is C26H31N. The predicted molar refractivity (Wildman–Crippen MR) is 116 cm³/mol. The molecule has 4 rings (SSSR count). The molecule has 1 heteroatoms. The van der Waals surface area contributed by atoms with Gasteiger partial charge < -0.3 is 0 Å². The molecule has 1 aliphatic carbocycles. The molecule has 0 bridgehead atoms. The van der Waals surface area contributed by atoms with E-state index in [1.807, 2.05) is 0 Å². The van der Waals surface area contributed by atoms with Crippen LogP contribution in [0.15, 0.2) is 48.5 Å². The van der Waals surface area contributed by atoms with Crippen molar-refractivity contribution in [3.05, 3.63) is 65.2 Å². The molecule has 1 fully saturated rings. The second kappa shape index (κ2) is 7.11. The van der Waals surface area contributed by atoms with Crippen LogP contribution in [0.3, 0.4) is 0 Å². The number of benzene rings is 2. The van der Waals surface area contributed by atoms with Crippen molar-refractivity contribution >= 4 is 10.9 Å². The van der Waals surface area contributed by atoms with E-state index < -0.39 is 0 Å². The molecule has 1 aromatic heterocycles. The van der Waals surface area contributed by atoms with Crippen molar-refractivity contribution < 1.29 is 0 Å². The van der Waals surface area contributed by atoms with Gasteiger partial charge >= 0.3 is 0 Å². The molecule has 1 nitrogen and oxygen atoms in total. The summed E-state index contributed by atoms with van der Waals surface area (Å²) in [6.45, 7) is 9.05. The van der Waals surface area contributed by atoms with Crippen LogP contribution in [0.25, 0.3) is 22.2 Å². The van der Waals surface area contributed by atoms with E-state index in [2.05, 4.69) is 76.2 Å². The molecule has 0 unspecified atom stereocenters. The van der Waals surface area contributed by atoms with E-state index >= 15 is 0 Å². The van der Waals surface area contributed by atoms with E-state index in [0.29, 0.717) is 5.92 Å². The van der Waals surface area contributed by atoms with Crippen LogP contribution >= 0.6 is 0 Å². The summed E-state index contributed by atoms with van der Waals surface area (Å²) in [4.78, 5) is 5.07. The van der Waals surface area contributed by atoms with Gasteiger partial charge in [-0.1, -0.05) is 69.9 Å². The van der Waals surface area contributed by atoms with Crippen molar-refractivity contribution in [2.75, 3.05) is 0 Å². The molecule has 0 aliphatic heterocycles. The Morgan fingerprint density at radius 1 is 0.889 bits per heavy atom. The summed E-state index contributed by atoms with van der Waals surface area (Å²) in [7, 11) is 0. The van der Waals surface area contributed by atoms with E-state index in [0.717, 1.165) is 11.2 Å². The van der Waals surface area contributed by atoms with Crippen molar-refractivity contribution in [1.29, 1.82) is 0 Å². The van der Waals surface area contributed by atoms with Crippen LogP contribution in [0.2, 0.25) is 0 Å². The minimum absolute atomic E-state index is 0.143. The lowest BCUT2D eigenvalue weighted by Crippen LogP contribution is -2.11. The van der Waals surface area contributed by atoms with E-state index in [9.17, 15) is 0 Å². The van der Waals surface area contributed by atoms with Gasteiger partial charge in [-0.25, -0.2) is 4.98 Å². The largest absolute Gasteiger partial charge is 0.248 e. The third-order valence-corrected chi connectivity index (χ3v) is 6.03. The molecule has 0 amide bonds. The Kier molecular flexibility index (Phi) is 4.80. The molecule has 0 saturated heterocycles. The van der Waals surface area contributed by atoms with E-state index in [1.165, 1.54) is 59.7 Å². The molecule has 1 aliphatic rings. The summed E-state index contributed by atoms with van der Waals surface area (Å²) in [6, 6.07) is 18.0. The number of pyridine rings is 1. The average molecular weight is 358 g/mol. The van der Waals surface area contributed by atoms with Crippen molar-refractivity contribution in [1.82, 2.24) is 4.98 Å². The van der Waals surface area contributed by atoms with Crippen LogP contribution in [0.5, 0.6) is 0 Å². The fraction of sp³-hybridized carbons (Fsp3) is 0.423. The Morgan fingerprint density at radius 2 is 1.63 bits per heavy atom. The van der Waals surface area contributed by atoms with E-state index in [-0.39, 0.29) is 5.41 Å². The molecule has 3 aromatic rings. The molecule has 1 heterocycles. The van der Waals surface area contributed by atoms with Gasteiger partial charge in [-0.05, 0) is 66.5 Å². The summed E-state index contributed by atoms with van der Waals surface area (Å²) < 4.78 is 0. The zero-order valence-corrected chi connectivity index (χ0v) is 17.2. The Hall–Kier alpha value is -2.15. The summed E-state index contributed by atoms with van der Waals surface area (Å²) in [5, 5.41) is 1.34. The number of fused-ring (bicyclic) bond motifs is 1. The summed E-state index contributed by atoms with van der Waals surface area (Å²) in [5.41, 5.74) is 7.86. The number of rotatable bonds is 2. The Morgan fingerprint density at radius 3 is 2.37 bits per heavy atom. The first kappa shape index (κ1) is 18.2. The molecule has 2 aromatic carbocycles. The van der Waals surface area contributed by atoms with Crippen molar-refractivity contribution in [2.24, 2.45) is 0 Å². The minimum atomic E-state index is 0.143. The summed E-state index contributed by atoms with van der Waals surface area (Å²) >= 11 is 0. The van der Waals surface area contributed by atoms with Crippen LogP contribution in [0.4, 0.5) is 0 Å². The Balaban J connectivity index is 1.89. The zero-order chi connectivity index (χ0) is 19.0. The first-order valence-electron chi connectivity index (χ1n) is 10.4. The number of aryl methyl sites for hydroxylation is 1. The third-order valence-electron chi connectivity index (χ3n) is 6.03. The number of hydrogen-bond donors (Lipinski definition) is 0. The van der Waals surface area contributed by atoms with Gasteiger partial charge in [0.15, 0.2) is 0 Å². The van der Waals surface area contributed by atoms with E-state index in [1.54, 1.807) is 0 Å². The van der Waals surface area contributed by atoms with Gasteiger partial charge in [0.1, 0.15) is 0 Å². The molecule has 0 spiro atoms. The fourth-order valence-corrected chi connectivity index (χ4v) is 4.47. The highest BCUT2D eigenvalue weighted by atomic mass is 14.7. The van der Waals surface area contributed by atoms with Crippen molar-refractivity contribution in [3.8, 4) is 11.3 Å². The smallest absolute Gasteiger partial charge is 0.0712 e. The standard InChI is InChI=1S/C26H31N/c1-18-14-20(16-21(15-18)26(2,3)4)25-17-23(19-10-6-5-7-11-19)22-12-8-9-13-24(22)27-25/h8-9,12-17,19H,5-7,10-11H2,1-4H3. The summed E-state index contributed by atoms with van der Waals surface area (Å²) in [5.74, 6) is 0.678. The second-order valence-electron chi connectivity index (χ2n) is 9.29. The first-order chi connectivity index (χ1) is 12.9. The van der Waals surface area contributed by atoms with Gasteiger partial charge in [0.05, 0.1) is 11.2 Å². The van der Waals surface area contributed by atoms with Gasteiger partial charge in [0.25, 0.3) is 0 Å². The lowest BCUT2D eigenvalue weighted by Gasteiger charge is -2.24. The zero-order valence-electron chi connectivity index (χ0n) is 17.2. The lowest BCUT2D eigenvalue weighted by atomic mass is 9.81. The van der Waals surface area contributed by atoms with Crippen LogP contribution in [0.1, 0.15) is 75.5 Å². The highest BCUT2D eigenvalue weighted by Gasteiger charge is 2.20. The maximum absolute atomic E-state index is 5.07. The van der Waals surface area contributed by atoms with Crippen LogP contribution in [0, 0.1) is 6.92 Å². The topological polar surface area (TPSA) is 12.9 Å². The molecular weight excluding hydrogens is 326 g/mol. The van der Waals surface area contributed by atoms with Crippen LogP contribution in [-0.2, 0) is 5.41 Å². The molecule has 0 N–H and O–H groups in total. The van der Waals surface area contributed by atoms with Crippen LogP contribution < -0.4 is 0 Å². The second-order valence-corrected chi connectivity index (χ2v) is 9.29. The summed E-state index contributed by atoms with van der Waals surface area (Å²) in [6.07, 6.45) is 6.73. The molecule has 0 atom stereocenters. The third kappa shape index (κ3) is 3.78. The fourth-order valence-electron chi connectivity index (χ4n) is 4.47. The number of hydrogen-bond acceptors (Lipinski definition) is 1. The SMILES string of the molecule is Cc1cc(-c2cc(C3CCCCC3)c3ccccc3n2)cc(C(C)(C)C)c1. The average Bonchev–Trinajstić information content (AvgIpc) is 2.66. The Labute approximate surface area is 163 Å². The maximum Gasteiger partial charge on any atom is 0.0712 e. The van der Waals surface area contributed by atoms with Crippen LogP contribution in [-0.4, -0.2) is 4.98 Å². The van der Waals surface area contributed by atoms with Gasteiger partial charge in [0, 0.05) is 10.9 Å². The Bertz CT molecular complexity index is 956. The van der Waals surface area contributed by atoms with Gasteiger partial charge in [0.2, 0.25) is 0 Å². The monoisotopic (exact) mass is 357 g/mol. The highest BCUT2D eigenvalue weighted by Crippen LogP contribution is 2.38. The molecule has 27 heavy (non-hydrogen) atoms. The van der Waals surface area contributed by atoms with Gasteiger partial charge in [-0.2, -0.15) is 0 Å². The van der Waals surface area contributed by atoms with Gasteiger partial charge in [-0.3, -0.25) is 0 Å². The molecule has 1 saturated carbocycles. The molecule has 140 valence electrons. The number of aromatic nitrogens is 1. The normalized spacial score (nSPS) is 16.0. The van der Waals surface area contributed by atoms with E-state index in [4.69, 9.17) is 4.98 Å². The van der Waals surface area contributed by atoms with Gasteiger partial charge in [-0.15, -0.1) is 0 Å². The predicted octanol–water partition coefficient (Wildman–Crippen LogP) is 7.56. The molecule has 0 radical (unpaired) electrons. The number of para-hydroxylation sites is 1. The van der Waals surface area contributed by atoms with Crippen molar-refractivity contribution in [2.45, 2.75) is 71.1 Å². The minimum Gasteiger partial charge on any atom is -0.248 e. The van der Waals surface area contributed by atoms with Crippen molar-refractivity contribution in [3.63, 3.8) is 0 Å². The highest BCUT2D eigenvalue weighted by molar-refractivity contribution is 5.86. The first-order valence-corrected chi connectivity index (χ1v) is 10.4. The maximum atomic E-state index is 5.07. The number of nitrogens with zero attached hydrogens (tertiary/aromatic N) is 1. The lowest BCUT2D eigenvalue weighted by molar-refractivity contribution is 0.445. The quantitative estimate of drug-likeness (QED) is 0.461.